The summed E-state index contributed by atoms with van der Waals surface area (Å²) in [6.07, 6.45) is 2.55. The van der Waals surface area contributed by atoms with Crippen LogP contribution in [-0.4, -0.2) is 9.38 Å². The van der Waals surface area contributed by atoms with Crippen molar-refractivity contribution in [3.8, 4) is 0 Å². The van der Waals surface area contributed by atoms with Crippen LogP contribution in [0.1, 0.15) is 36.0 Å². The highest BCUT2D eigenvalue weighted by Crippen LogP contribution is 2.40. The van der Waals surface area contributed by atoms with Gasteiger partial charge in [-0.25, -0.2) is 4.98 Å². The molecular formula is C12H15N3. The van der Waals surface area contributed by atoms with Gasteiger partial charge < -0.3 is 10.1 Å². The van der Waals surface area contributed by atoms with Gasteiger partial charge in [0.25, 0.3) is 0 Å². The van der Waals surface area contributed by atoms with Crippen LogP contribution in [0.3, 0.4) is 0 Å². The highest BCUT2D eigenvalue weighted by atomic mass is 15.1. The second kappa shape index (κ2) is 3.07. The van der Waals surface area contributed by atoms with Crippen LogP contribution in [0.25, 0.3) is 5.52 Å². The molecule has 1 aliphatic rings. The van der Waals surface area contributed by atoms with Gasteiger partial charge in [-0.05, 0) is 31.9 Å². The molecule has 2 N–H and O–H groups in total. The molecule has 3 heteroatoms. The van der Waals surface area contributed by atoms with Crippen LogP contribution in [0, 0.1) is 6.92 Å². The van der Waals surface area contributed by atoms with Gasteiger partial charge in [0.05, 0.1) is 11.2 Å². The van der Waals surface area contributed by atoms with Crippen molar-refractivity contribution in [3.05, 3.63) is 35.4 Å². The minimum atomic E-state index is 0.527. The van der Waals surface area contributed by atoms with Crippen LogP contribution in [0.5, 0.6) is 0 Å². The predicted molar refractivity (Wildman–Crippen MR) is 59.8 cm³/mol. The van der Waals surface area contributed by atoms with E-state index in [1.807, 2.05) is 0 Å². The smallest absolute Gasteiger partial charge is 0.116 e. The monoisotopic (exact) mass is 201 g/mol. The Bertz CT molecular complexity index is 509. The van der Waals surface area contributed by atoms with E-state index in [4.69, 9.17) is 5.73 Å². The van der Waals surface area contributed by atoms with Gasteiger partial charge in [-0.3, -0.25) is 0 Å². The lowest BCUT2D eigenvalue weighted by atomic mass is 10.3. The first-order valence-corrected chi connectivity index (χ1v) is 5.48. The molecule has 1 saturated carbocycles. The molecule has 2 heterocycles. The molecule has 0 saturated heterocycles. The van der Waals surface area contributed by atoms with Crippen LogP contribution in [0.4, 0.5) is 0 Å². The van der Waals surface area contributed by atoms with Crippen LogP contribution < -0.4 is 5.73 Å². The molecule has 0 aliphatic heterocycles. The lowest BCUT2D eigenvalue weighted by molar-refractivity contribution is 0.886. The number of rotatable bonds is 2. The quantitative estimate of drug-likeness (QED) is 0.807. The van der Waals surface area contributed by atoms with Crippen LogP contribution in [-0.2, 0) is 6.54 Å². The van der Waals surface area contributed by atoms with Gasteiger partial charge in [-0.2, -0.15) is 0 Å². The summed E-state index contributed by atoms with van der Waals surface area (Å²) in [5, 5.41) is 0. The Kier molecular flexibility index (Phi) is 1.83. The number of fused-ring (bicyclic) bond motifs is 1. The lowest BCUT2D eigenvalue weighted by Gasteiger charge is -2.03. The zero-order chi connectivity index (χ0) is 10.4. The van der Waals surface area contributed by atoms with Crippen LogP contribution in [0.15, 0.2) is 18.2 Å². The third-order valence-electron chi connectivity index (χ3n) is 3.10. The SMILES string of the molecule is Cc1cccc2c(CN)nc(C3CC3)n12. The first kappa shape index (κ1) is 8.92. The molecule has 1 aliphatic carbocycles. The first-order chi connectivity index (χ1) is 7.31. The van der Waals surface area contributed by atoms with Gasteiger partial charge >= 0.3 is 0 Å². The van der Waals surface area contributed by atoms with Gasteiger partial charge in [-0.15, -0.1) is 0 Å². The van der Waals surface area contributed by atoms with Gasteiger partial charge in [0, 0.05) is 18.2 Å². The summed E-state index contributed by atoms with van der Waals surface area (Å²) in [5.41, 5.74) is 9.18. The highest BCUT2D eigenvalue weighted by Gasteiger charge is 2.29. The number of imidazole rings is 1. The third kappa shape index (κ3) is 1.27. The number of nitrogens with zero attached hydrogens (tertiary/aromatic N) is 2. The Hall–Kier alpha value is -1.35. The Morgan fingerprint density at radius 2 is 2.27 bits per heavy atom. The average molecular weight is 201 g/mol. The van der Waals surface area contributed by atoms with E-state index >= 15 is 0 Å². The van der Waals surface area contributed by atoms with E-state index in [0.29, 0.717) is 12.5 Å². The van der Waals surface area contributed by atoms with Crippen molar-refractivity contribution in [2.75, 3.05) is 0 Å². The molecule has 0 amide bonds. The summed E-state index contributed by atoms with van der Waals surface area (Å²) in [7, 11) is 0. The molecule has 3 nitrogen and oxygen atoms in total. The van der Waals surface area contributed by atoms with Gasteiger partial charge in [0.15, 0.2) is 0 Å². The van der Waals surface area contributed by atoms with E-state index in [9.17, 15) is 0 Å². The molecule has 1 fully saturated rings. The molecule has 15 heavy (non-hydrogen) atoms. The van der Waals surface area contributed by atoms with Crippen LogP contribution in [0.2, 0.25) is 0 Å². The maximum Gasteiger partial charge on any atom is 0.116 e. The van der Waals surface area contributed by atoms with E-state index in [0.717, 1.165) is 5.69 Å². The zero-order valence-electron chi connectivity index (χ0n) is 8.90. The van der Waals surface area contributed by atoms with E-state index in [1.54, 1.807) is 0 Å². The number of hydrogen-bond acceptors (Lipinski definition) is 2. The summed E-state index contributed by atoms with van der Waals surface area (Å²) in [5.74, 6) is 1.88. The molecule has 3 rings (SSSR count). The standard InChI is InChI=1S/C12H15N3/c1-8-3-2-4-11-10(7-13)14-12(15(8)11)9-5-6-9/h2-4,9H,5-7,13H2,1H3. The number of hydrogen-bond donors (Lipinski definition) is 1. The van der Waals surface area contributed by atoms with Gasteiger partial charge in [0.1, 0.15) is 5.82 Å². The van der Waals surface area contributed by atoms with Crippen molar-refractivity contribution in [1.82, 2.24) is 9.38 Å². The number of aromatic nitrogens is 2. The Labute approximate surface area is 88.9 Å². The molecule has 0 radical (unpaired) electrons. The molecule has 0 aromatic carbocycles. The summed E-state index contributed by atoms with van der Waals surface area (Å²) in [6.45, 7) is 2.65. The highest BCUT2D eigenvalue weighted by molar-refractivity contribution is 5.55. The topological polar surface area (TPSA) is 43.3 Å². The van der Waals surface area contributed by atoms with Gasteiger partial charge in [-0.1, -0.05) is 6.07 Å². The number of pyridine rings is 1. The first-order valence-electron chi connectivity index (χ1n) is 5.48. The minimum absolute atomic E-state index is 0.527. The van der Waals surface area contributed by atoms with Crippen molar-refractivity contribution in [1.29, 1.82) is 0 Å². The summed E-state index contributed by atoms with van der Waals surface area (Å²) in [6, 6.07) is 6.30. The molecule has 0 spiro atoms. The van der Waals surface area contributed by atoms with Crippen molar-refractivity contribution in [2.24, 2.45) is 5.73 Å². The predicted octanol–water partition coefficient (Wildman–Crippen LogP) is 1.98. The summed E-state index contributed by atoms with van der Waals surface area (Å²) >= 11 is 0. The number of nitrogens with two attached hydrogens (primary N) is 1. The third-order valence-corrected chi connectivity index (χ3v) is 3.10. The average Bonchev–Trinajstić information content (AvgIpc) is 3.00. The molecule has 0 atom stereocenters. The molecule has 78 valence electrons. The summed E-state index contributed by atoms with van der Waals surface area (Å²) < 4.78 is 2.26. The van der Waals surface area contributed by atoms with Crippen LogP contribution >= 0.6 is 0 Å². The Balaban J connectivity index is 2.34. The lowest BCUT2D eigenvalue weighted by Crippen LogP contribution is -1.97. The van der Waals surface area contributed by atoms with Crippen molar-refractivity contribution < 1.29 is 0 Å². The van der Waals surface area contributed by atoms with Crippen molar-refractivity contribution in [2.45, 2.75) is 32.2 Å². The molecule has 2 aromatic heterocycles. The molecule has 2 aromatic rings. The molecule has 0 unspecified atom stereocenters. The zero-order valence-corrected chi connectivity index (χ0v) is 8.90. The molecule has 0 bridgehead atoms. The number of aryl methyl sites for hydroxylation is 1. The second-order valence-electron chi connectivity index (χ2n) is 4.28. The fraction of sp³-hybridized carbons (Fsp3) is 0.417. The normalized spacial score (nSPS) is 16.1. The fourth-order valence-electron chi connectivity index (χ4n) is 2.16. The van der Waals surface area contributed by atoms with Gasteiger partial charge in [0.2, 0.25) is 0 Å². The van der Waals surface area contributed by atoms with Crippen molar-refractivity contribution >= 4 is 5.52 Å². The van der Waals surface area contributed by atoms with E-state index < -0.39 is 0 Å². The maximum absolute atomic E-state index is 5.72. The molecular weight excluding hydrogens is 186 g/mol. The van der Waals surface area contributed by atoms with Crippen molar-refractivity contribution in [3.63, 3.8) is 0 Å². The Morgan fingerprint density at radius 1 is 1.47 bits per heavy atom. The maximum atomic E-state index is 5.72. The Morgan fingerprint density at radius 3 is 2.93 bits per heavy atom. The van der Waals surface area contributed by atoms with E-state index in [1.165, 1.54) is 29.9 Å². The second-order valence-corrected chi connectivity index (χ2v) is 4.28. The summed E-state index contributed by atoms with van der Waals surface area (Å²) in [4.78, 5) is 4.67. The van der Waals surface area contributed by atoms with E-state index in [2.05, 4.69) is 34.5 Å². The largest absolute Gasteiger partial charge is 0.325 e. The minimum Gasteiger partial charge on any atom is -0.325 e. The van der Waals surface area contributed by atoms with E-state index in [-0.39, 0.29) is 0 Å². The fourth-order valence-corrected chi connectivity index (χ4v) is 2.16.